The molecule has 0 fully saturated rings. The molecule has 4 nitrogen and oxygen atoms in total. The van der Waals surface area contributed by atoms with Crippen molar-refractivity contribution >= 4 is 22.3 Å². The Morgan fingerprint density at radius 3 is 2.36 bits per heavy atom. The van der Waals surface area contributed by atoms with Gasteiger partial charge >= 0.3 is 0 Å². The number of nitrogens with zero attached hydrogens (tertiary/aromatic N) is 1. The summed E-state index contributed by atoms with van der Waals surface area (Å²) in [6, 6.07) is 15.8. The number of ether oxygens (including phenoxy) is 2. The highest BCUT2D eigenvalue weighted by Gasteiger charge is 2.10. The second kappa shape index (κ2) is 5.93. The van der Waals surface area contributed by atoms with Crippen LogP contribution >= 0.6 is 0 Å². The fourth-order valence-corrected chi connectivity index (χ4v) is 2.51. The van der Waals surface area contributed by atoms with E-state index in [2.05, 4.69) is 10.3 Å². The molecule has 3 aromatic rings. The van der Waals surface area contributed by atoms with Gasteiger partial charge in [0.2, 0.25) is 0 Å². The molecule has 0 aliphatic heterocycles. The molecule has 2 aromatic carbocycles. The minimum Gasteiger partial charge on any atom is -0.495 e. The van der Waals surface area contributed by atoms with Gasteiger partial charge in [-0.25, -0.2) is 4.98 Å². The summed E-state index contributed by atoms with van der Waals surface area (Å²) in [7, 11) is 3.32. The number of aryl methyl sites for hydroxylation is 1. The minimum absolute atomic E-state index is 0.768. The number of rotatable bonds is 4. The van der Waals surface area contributed by atoms with E-state index in [4.69, 9.17) is 9.47 Å². The van der Waals surface area contributed by atoms with Crippen LogP contribution in [0.15, 0.2) is 48.5 Å². The lowest BCUT2D eigenvalue weighted by Gasteiger charge is -2.14. The SMILES string of the molecule is COc1ccccc1Nc1cc(C)nc2c(OC)cccc12. The number of hydrogen-bond donors (Lipinski definition) is 1. The van der Waals surface area contributed by atoms with Gasteiger partial charge in [-0.05, 0) is 31.2 Å². The van der Waals surface area contributed by atoms with Gasteiger partial charge in [-0.1, -0.05) is 24.3 Å². The van der Waals surface area contributed by atoms with Crippen LogP contribution in [0.2, 0.25) is 0 Å². The number of aromatic nitrogens is 1. The molecule has 0 aliphatic rings. The first kappa shape index (κ1) is 14.2. The molecule has 1 N–H and O–H groups in total. The highest BCUT2D eigenvalue weighted by Crippen LogP contribution is 2.34. The maximum absolute atomic E-state index is 5.42. The molecule has 0 spiro atoms. The Morgan fingerprint density at radius 1 is 0.864 bits per heavy atom. The third kappa shape index (κ3) is 2.55. The molecule has 0 bridgehead atoms. The summed E-state index contributed by atoms with van der Waals surface area (Å²) in [6.45, 7) is 1.97. The third-order valence-electron chi connectivity index (χ3n) is 3.53. The number of para-hydroxylation sites is 3. The molecule has 112 valence electrons. The third-order valence-corrected chi connectivity index (χ3v) is 3.53. The molecule has 22 heavy (non-hydrogen) atoms. The first-order valence-electron chi connectivity index (χ1n) is 7.07. The van der Waals surface area contributed by atoms with Crippen molar-refractivity contribution in [1.82, 2.24) is 4.98 Å². The molecule has 1 heterocycles. The fraction of sp³-hybridized carbons (Fsp3) is 0.167. The van der Waals surface area contributed by atoms with E-state index in [1.54, 1.807) is 14.2 Å². The molecular weight excluding hydrogens is 276 g/mol. The zero-order valence-corrected chi connectivity index (χ0v) is 12.9. The number of nitrogens with one attached hydrogen (secondary N) is 1. The Kier molecular flexibility index (Phi) is 3.83. The van der Waals surface area contributed by atoms with Crippen LogP contribution in [0.25, 0.3) is 10.9 Å². The highest BCUT2D eigenvalue weighted by molar-refractivity contribution is 5.96. The van der Waals surface area contributed by atoms with Crippen molar-refractivity contribution in [2.24, 2.45) is 0 Å². The van der Waals surface area contributed by atoms with Crippen molar-refractivity contribution in [3.05, 3.63) is 54.2 Å². The van der Waals surface area contributed by atoms with Crippen molar-refractivity contribution in [1.29, 1.82) is 0 Å². The van der Waals surface area contributed by atoms with Gasteiger partial charge in [0.25, 0.3) is 0 Å². The van der Waals surface area contributed by atoms with Gasteiger partial charge < -0.3 is 14.8 Å². The topological polar surface area (TPSA) is 43.4 Å². The molecule has 3 rings (SSSR count). The molecule has 0 saturated carbocycles. The van der Waals surface area contributed by atoms with E-state index in [-0.39, 0.29) is 0 Å². The lowest BCUT2D eigenvalue weighted by atomic mass is 10.1. The molecule has 0 atom stereocenters. The fourth-order valence-electron chi connectivity index (χ4n) is 2.51. The highest BCUT2D eigenvalue weighted by atomic mass is 16.5. The normalized spacial score (nSPS) is 10.5. The summed E-state index contributed by atoms with van der Waals surface area (Å²) in [6.07, 6.45) is 0. The Morgan fingerprint density at radius 2 is 1.59 bits per heavy atom. The van der Waals surface area contributed by atoms with Gasteiger partial charge in [-0.2, -0.15) is 0 Å². The quantitative estimate of drug-likeness (QED) is 0.779. The monoisotopic (exact) mass is 294 g/mol. The average Bonchev–Trinajstić information content (AvgIpc) is 2.54. The van der Waals surface area contributed by atoms with E-state index < -0.39 is 0 Å². The predicted molar refractivity (Wildman–Crippen MR) is 89.3 cm³/mol. The van der Waals surface area contributed by atoms with Crippen molar-refractivity contribution < 1.29 is 9.47 Å². The lowest BCUT2D eigenvalue weighted by Crippen LogP contribution is -1.98. The molecule has 1 aromatic heterocycles. The summed E-state index contributed by atoms with van der Waals surface area (Å²) < 4.78 is 10.8. The molecular formula is C18H18N2O2. The molecule has 0 saturated heterocycles. The van der Waals surface area contributed by atoms with Gasteiger partial charge in [-0.3, -0.25) is 0 Å². The van der Waals surface area contributed by atoms with Crippen LogP contribution in [0.5, 0.6) is 11.5 Å². The summed E-state index contributed by atoms with van der Waals surface area (Å²) in [4.78, 5) is 4.60. The minimum atomic E-state index is 0.768. The summed E-state index contributed by atoms with van der Waals surface area (Å²) >= 11 is 0. The van der Waals surface area contributed by atoms with Crippen LogP contribution in [-0.2, 0) is 0 Å². The van der Waals surface area contributed by atoms with Gasteiger partial charge in [-0.15, -0.1) is 0 Å². The Balaban J connectivity index is 2.14. The molecule has 0 amide bonds. The van der Waals surface area contributed by atoms with E-state index in [0.29, 0.717) is 0 Å². The average molecular weight is 294 g/mol. The van der Waals surface area contributed by atoms with E-state index in [1.807, 2.05) is 55.5 Å². The van der Waals surface area contributed by atoms with Crippen LogP contribution in [0.3, 0.4) is 0 Å². The number of pyridine rings is 1. The van der Waals surface area contributed by atoms with E-state index in [0.717, 1.165) is 39.5 Å². The first-order valence-corrected chi connectivity index (χ1v) is 7.07. The lowest BCUT2D eigenvalue weighted by molar-refractivity contribution is 0.417. The van der Waals surface area contributed by atoms with Gasteiger partial charge in [0.1, 0.15) is 17.0 Å². The summed E-state index contributed by atoms with van der Waals surface area (Å²) in [5.74, 6) is 1.57. The van der Waals surface area contributed by atoms with Crippen LogP contribution in [0.1, 0.15) is 5.69 Å². The van der Waals surface area contributed by atoms with Crippen molar-refractivity contribution in [3.8, 4) is 11.5 Å². The number of fused-ring (bicyclic) bond motifs is 1. The van der Waals surface area contributed by atoms with Crippen LogP contribution < -0.4 is 14.8 Å². The second-order valence-corrected chi connectivity index (χ2v) is 4.99. The summed E-state index contributed by atoms with van der Waals surface area (Å²) in [5, 5.41) is 4.45. The zero-order valence-electron chi connectivity index (χ0n) is 12.9. The maximum Gasteiger partial charge on any atom is 0.145 e. The van der Waals surface area contributed by atoms with Crippen molar-refractivity contribution in [2.75, 3.05) is 19.5 Å². The van der Waals surface area contributed by atoms with E-state index in [9.17, 15) is 0 Å². The molecule has 0 unspecified atom stereocenters. The predicted octanol–water partition coefficient (Wildman–Crippen LogP) is 4.30. The van der Waals surface area contributed by atoms with Gasteiger partial charge in [0, 0.05) is 16.8 Å². The molecule has 4 heteroatoms. The first-order chi connectivity index (χ1) is 10.7. The zero-order chi connectivity index (χ0) is 15.5. The number of benzene rings is 2. The summed E-state index contributed by atoms with van der Waals surface area (Å²) in [5.41, 5.74) is 3.67. The largest absolute Gasteiger partial charge is 0.495 e. The molecule has 0 aliphatic carbocycles. The Labute approximate surface area is 129 Å². The Hall–Kier alpha value is -2.75. The standard InChI is InChI=1S/C18H18N2O2/c1-12-11-15(20-14-8-4-5-9-16(14)21-2)13-7-6-10-17(22-3)18(13)19-12/h4-11H,1-3H3,(H,19,20). The van der Waals surface area contributed by atoms with Crippen LogP contribution in [0.4, 0.5) is 11.4 Å². The number of methoxy groups -OCH3 is 2. The van der Waals surface area contributed by atoms with Crippen molar-refractivity contribution in [3.63, 3.8) is 0 Å². The number of hydrogen-bond acceptors (Lipinski definition) is 4. The maximum atomic E-state index is 5.42. The van der Waals surface area contributed by atoms with Crippen molar-refractivity contribution in [2.45, 2.75) is 6.92 Å². The van der Waals surface area contributed by atoms with E-state index >= 15 is 0 Å². The van der Waals surface area contributed by atoms with E-state index in [1.165, 1.54) is 0 Å². The van der Waals surface area contributed by atoms with Gasteiger partial charge in [0.15, 0.2) is 0 Å². The van der Waals surface area contributed by atoms with Crippen LogP contribution in [-0.4, -0.2) is 19.2 Å². The van der Waals surface area contributed by atoms with Gasteiger partial charge in [0.05, 0.1) is 19.9 Å². The smallest absolute Gasteiger partial charge is 0.145 e. The molecule has 0 radical (unpaired) electrons. The second-order valence-electron chi connectivity index (χ2n) is 4.99. The van der Waals surface area contributed by atoms with Crippen LogP contribution in [0, 0.1) is 6.92 Å². The Bertz CT molecular complexity index is 815. The number of anilines is 2.